The monoisotopic (exact) mass is 416 g/mol. The number of nitrogens with one attached hydrogen (secondary N) is 1. The van der Waals surface area contributed by atoms with Gasteiger partial charge in [0.05, 0.1) is 12.8 Å². The molecule has 4 amide bonds. The first-order valence-corrected chi connectivity index (χ1v) is 11.1. The standard InChI is InChI=1S/C22H32N4O4/c1-24(14-16-6-4-12-25-11-3-2-8-19(16)25)20(27)10-9-18-21(28)26(22(29)23-18)15-17-7-5-13-30-17/h5,7,13,16,18-19H,2-4,6,8-12,14-15H2,1H3,(H,23,29)/t16-,18-,19+/m0/s1. The van der Waals surface area contributed by atoms with Crippen LogP contribution < -0.4 is 5.32 Å². The number of hydrogen-bond acceptors (Lipinski definition) is 5. The van der Waals surface area contributed by atoms with Crippen molar-refractivity contribution in [1.82, 2.24) is 20.0 Å². The molecule has 1 aromatic rings. The molecule has 3 aliphatic rings. The first-order chi connectivity index (χ1) is 14.5. The predicted molar refractivity (Wildman–Crippen MR) is 110 cm³/mol. The Bertz CT molecular complexity index is 763. The summed E-state index contributed by atoms with van der Waals surface area (Å²) in [7, 11) is 1.86. The van der Waals surface area contributed by atoms with Crippen LogP contribution in [0.25, 0.3) is 0 Å². The summed E-state index contributed by atoms with van der Waals surface area (Å²) in [5.74, 6) is 0.829. The van der Waals surface area contributed by atoms with Gasteiger partial charge in [-0.25, -0.2) is 4.79 Å². The zero-order chi connectivity index (χ0) is 21.1. The SMILES string of the molecule is CN(C[C@@H]1CCCN2CCCC[C@H]12)C(=O)CC[C@@H]1NC(=O)N(Cc2ccco2)C1=O. The molecular formula is C22H32N4O4. The number of rotatable bonds is 7. The number of furan rings is 1. The highest BCUT2D eigenvalue weighted by Gasteiger charge is 2.39. The molecule has 30 heavy (non-hydrogen) atoms. The summed E-state index contributed by atoms with van der Waals surface area (Å²) in [5, 5.41) is 2.70. The zero-order valence-electron chi connectivity index (χ0n) is 17.7. The fourth-order valence-corrected chi connectivity index (χ4v) is 5.18. The van der Waals surface area contributed by atoms with Crippen LogP contribution >= 0.6 is 0 Å². The molecule has 0 unspecified atom stereocenters. The topological polar surface area (TPSA) is 86.1 Å². The van der Waals surface area contributed by atoms with Crippen molar-refractivity contribution in [3.05, 3.63) is 24.2 Å². The van der Waals surface area contributed by atoms with Gasteiger partial charge in [0.2, 0.25) is 5.91 Å². The second-order valence-electron chi connectivity index (χ2n) is 8.82. The number of hydrogen-bond donors (Lipinski definition) is 1. The van der Waals surface area contributed by atoms with Crippen LogP contribution in [0.5, 0.6) is 0 Å². The zero-order valence-corrected chi connectivity index (χ0v) is 17.7. The molecule has 4 heterocycles. The first-order valence-electron chi connectivity index (χ1n) is 11.1. The van der Waals surface area contributed by atoms with Gasteiger partial charge in [-0.05, 0) is 63.2 Å². The lowest BCUT2D eigenvalue weighted by atomic mass is 9.83. The summed E-state index contributed by atoms with van der Waals surface area (Å²) < 4.78 is 5.23. The molecule has 8 heteroatoms. The second-order valence-corrected chi connectivity index (χ2v) is 8.82. The minimum Gasteiger partial charge on any atom is -0.467 e. The third-order valence-electron chi connectivity index (χ3n) is 6.81. The average Bonchev–Trinajstić information content (AvgIpc) is 3.36. The highest BCUT2D eigenvalue weighted by molar-refractivity contribution is 6.04. The lowest BCUT2D eigenvalue weighted by Gasteiger charge is -2.45. The Balaban J connectivity index is 1.26. The number of urea groups is 1. The smallest absolute Gasteiger partial charge is 0.325 e. The van der Waals surface area contributed by atoms with E-state index in [0.29, 0.717) is 24.1 Å². The predicted octanol–water partition coefficient (Wildman–Crippen LogP) is 2.20. The number of piperidine rings is 2. The van der Waals surface area contributed by atoms with Gasteiger partial charge >= 0.3 is 6.03 Å². The van der Waals surface area contributed by atoms with Gasteiger partial charge in [0, 0.05) is 26.1 Å². The summed E-state index contributed by atoms with van der Waals surface area (Å²) in [4.78, 5) is 43.0. The van der Waals surface area contributed by atoms with Crippen LogP contribution in [0.2, 0.25) is 0 Å². The second kappa shape index (κ2) is 9.20. The van der Waals surface area contributed by atoms with Crippen LogP contribution in [0.3, 0.4) is 0 Å². The first kappa shape index (κ1) is 20.9. The minimum atomic E-state index is -0.645. The van der Waals surface area contributed by atoms with Gasteiger partial charge in [-0.3, -0.25) is 14.5 Å². The number of carbonyl (C=O) groups is 3. The number of carbonyl (C=O) groups excluding carboxylic acids is 3. The molecule has 3 aliphatic heterocycles. The molecule has 3 fully saturated rings. The summed E-state index contributed by atoms with van der Waals surface area (Å²) in [6.07, 6.45) is 8.28. The molecule has 3 atom stereocenters. The molecular weight excluding hydrogens is 384 g/mol. The highest BCUT2D eigenvalue weighted by atomic mass is 16.3. The molecule has 0 bridgehead atoms. The highest BCUT2D eigenvalue weighted by Crippen LogP contribution is 2.31. The van der Waals surface area contributed by atoms with E-state index in [4.69, 9.17) is 4.42 Å². The van der Waals surface area contributed by atoms with Crippen LogP contribution in [0, 0.1) is 5.92 Å². The van der Waals surface area contributed by atoms with Crippen molar-refractivity contribution < 1.29 is 18.8 Å². The molecule has 0 spiro atoms. The maximum Gasteiger partial charge on any atom is 0.325 e. The third kappa shape index (κ3) is 4.53. The van der Waals surface area contributed by atoms with E-state index in [9.17, 15) is 14.4 Å². The summed E-state index contributed by atoms with van der Waals surface area (Å²) in [6, 6.07) is 2.98. The van der Waals surface area contributed by atoms with Crippen molar-refractivity contribution in [2.45, 2.75) is 63.6 Å². The van der Waals surface area contributed by atoms with Crippen molar-refractivity contribution >= 4 is 17.8 Å². The molecule has 4 rings (SSSR count). The van der Waals surface area contributed by atoms with E-state index in [2.05, 4.69) is 10.2 Å². The Hall–Kier alpha value is -2.35. The normalized spacial score (nSPS) is 27.1. The number of nitrogens with zero attached hydrogens (tertiary/aromatic N) is 3. The maximum atomic E-state index is 12.7. The van der Waals surface area contributed by atoms with E-state index in [1.165, 1.54) is 51.5 Å². The van der Waals surface area contributed by atoms with E-state index in [0.717, 1.165) is 11.4 Å². The Morgan fingerprint density at radius 2 is 2.07 bits per heavy atom. The number of fused-ring (bicyclic) bond motifs is 1. The van der Waals surface area contributed by atoms with Crippen molar-refractivity contribution in [3.8, 4) is 0 Å². The summed E-state index contributed by atoms with van der Waals surface area (Å²) >= 11 is 0. The van der Waals surface area contributed by atoms with Crippen LogP contribution in [-0.2, 0) is 16.1 Å². The van der Waals surface area contributed by atoms with Gasteiger partial charge in [0.1, 0.15) is 11.8 Å². The minimum absolute atomic E-state index is 0.0365. The van der Waals surface area contributed by atoms with Gasteiger partial charge in [0.15, 0.2) is 0 Å². The van der Waals surface area contributed by atoms with Crippen molar-refractivity contribution in [2.75, 3.05) is 26.7 Å². The summed E-state index contributed by atoms with van der Waals surface area (Å²) in [6.45, 7) is 3.27. The van der Waals surface area contributed by atoms with E-state index in [1.807, 2.05) is 11.9 Å². The molecule has 0 radical (unpaired) electrons. The van der Waals surface area contributed by atoms with Crippen LogP contribution in [0.1, 0.15) is 50.7 Å². The van der Waals surface area contributed by atoms with E-state index < -0.39 is 12.1 Å². The molecule has 1 N–H and O–H groups in total. The van der Waals surface area contributed by atoms with Crippen molar-refractivity contribution in [1.29, 1.82) is 0 Å². The Kier molecular flexibility index (Phi) is 6.41. The molecule has 0 aliphatic carbocycles. The molecule has 0 aromatic carbocycles. The fraction of sp³-hybridized carbons (Fsp3) is 0.682. The van der Waals surface area contributed by atoms with Gasteiger partial charge < -0.3 is 19.5 Å². The van der Waals surface area contributed by atoms with E-state index in [-0.39, 0.29) is 24.8 Å². The van der Waals surface area contributed by atoms with Gasteiger partial charge in [-0.15, -0.1) is 0 Å². The van der Waals surface area contributed by atoms with Crippen LogP contribution in [0.15, 0.2) is 22.8 Å². The Morgan fingerprint density at radius 1 is 1.23 bits per heavy atom. The van der Waals surface area contributed by atoms with Crippen LogP contribution in [0.4, 0.5) is 4.79 Å². The Morgan fingerprint density at radius 3 is 2.87 bits per heavy atom. The van der Waals surface area contributed by atoms with Gasteiger partial charge in [-0.1, -0.05) is 6.42 Å². The maximum absolute atomic E-state index is 12.7. The molecule has 3 saturated heterocycles. The van der Waals surface area contributed by atoms with Gasteiger partial charge in [0.25, 0.3) is 5.91 Å². The lowest BCUT2D eigenvalue weighted by Crippen LogP contribution is -2.51. The average molecular weight is 417 g/mol. The molecule has 8 nitrogen and oxygen atoms in total. The van der Waals surface area contributed by atoms with Gasteiger partial charge in [-0.2, -0.15) is 0 Å². The molecule has 164 valence electrons. The number of imide groups is 1. The third-order valence-corrected chi connectivity index (χ3v) is 6.81. The fourth-order valence-electron chi connectivity index (χ4n) is 5.18. The Labute approximate surface area is 177 Å². The quantitative estimate of drug-likeness (QED) is 0.689. The summed E-state index contributed by atoms with van der Waals surface area (Å²) in [5.41, 5.74) is 0. The van der Waals surface area contributed by atoms with Crippen molar-refractivity contribution in [3.63, 3.8) is 0 Å². The molecule has 1 aromatic heterocycles. The van der Waals surface area contributed by atoms with Crippen molar-refractivity contribution in [2.24, 2.45) is 5.92 Å². The largest absolute Gasteiger partial charge is 0.467 e. The molecule has 0 saturated carbocycles. The number of amides is 4. The van der Waals surface area contributed by atoms with E-state index in [1.54, 1.807) is 12.1 Å². The lowest BCUT2D eigenvalue weighted by molar-refractivity contribution is -0.132. The van der Waals surface area contributed by atoms with Crippen LogP contribution in [-0.4, -0.2) is 71.3 Å². The van der Waals surface area contributed by atoms with E-state index >= 15 is 0 Å².